The molecule has 0 aromatic rings. The van der Waals surface area contributed by atoms with E-state index in [4.69, 9.17) is 10.3 Å². The molecule has 0 saturated carbocycles. The zero-order chi connectivity index (χ0) is 12.1. The molecule has 1 amide bonds. The molecule has 0 spiro atoms. The molecule has 7 heteroatoms. The van der Waals surface area contributed by atoms with Crippen LogP contribution >= 0.6 is 0 Å². The molecule has 1 saturated heterocycles. The number of amides is 1. The second-order valence-electron chi connectivity index (χ2n) is 3.39. The minimum Gasteiger partial charge on any atom is -0.459 e. The van der Waals surface area contributed by atoms with Gasteiger partial charge in [-0.2, -0.15) is 0 Å². The molecule has 0 aromatic heterocycles. The third kappa shape index (κ3) is 2.74. The third-order valence-corrected chi connectivity index (χ3v) is 2.21. The summed E-state index contributed by atoms with van der Waals surface area (Å²) in [5.41, 5.74) is 8.23. The summed E-state index contributed by atoms with van der Waals surface area (Å²) in [6.07, 6.45) is 1.21. The molecule has 3 atom stereocenters. The topological polar surface area (TPSA) is 104 Å². The number of hydrogen-bond acceptors (Lipinski definition) is 4. The average Bonchev–Trinajstić information content (AvgIpc) is 2.57. The minimum absolute atomic E-state index is 0.242. The molecular weight excluding hydrogens is 212 g/mol. The van der Waals surface area contributed by atoms with Crippen LogP contribution in [0.5, 0.6) is 0 Å². The Morgan fingerprint density at radius 3 is 3.06 bits per heavy atom. The fourth-order valence-electron chi connectivity index (χ4n) is 1.51. The highest BCUT2D eigenvalue weighted by Crippen LogP contribution is 2.21. The van der Waals surface area contributed by atoms with Crippen molar-refractivity contribution in [2.75, 3.05) is 0 Å². The highest BCUT2D eigenvalue weighted by molar-refractivity contribution is 5.79. The van der Waals surface area contributed by atoms with Crippen molar-refractivity contribution in [1.82, 2.24) is 5.32 Å². The molecule has 0 aromatic carbocycles. The first kappa shape index (κ1) is 12.1. The Balaban J connectivity index is 2.68. The highest BCUT2D eigenvalue weighted by Gasteiger charge is 2.37. The van der Waals surface area contributed by atoms with Crippen LogP contribution in [0.15, 0.2) is 17.8 Å². The Kier molecular flexibility index (Phi) is 3.90. The van der Waals surface area contributed by atoms with E-state index in [-0.39, 0.29) is 12.3 Å². The fourth-order valence-corrected chi connectivity index (χ4v) is 1.51. The quantitative estimate of drug-likeness (QED) is 0.249. The second-order valence-corrected chi connectivity index (χ2v) is 3.39. The van der Waals surface area contributed by atoms with E-state index in [1.54, 1.807) is 0 Å². The van der Waals surface area contributed by atoms with E-state index in [0.717, 1.165) is 0 Å². The molecule has 7 nitrogen and oxygen atoms in total. The van der Waals surface area contributed by atoms with Crippen molar-refractivity contribution >= 4 is 11.9 Å². The van der Waals surface area contributed by atoms with Gasteiger partial charge in [-0.3, -0.25) is 9.59 Å². The van der Waals surface area contributed by atoms with Gasteiger partial charge in [-0.1, -0.05) is 11.2 Å². The highest BCUT2D eigenvalue weighted by atomic mass is 16.6. The lowest BCUT2D eigenvalue weighted by Crippen LogP contribution is -2.40. The van der Waals surface area contributed by atoms with Gasteiger partial charge in [-0.15, -0.1) is 6.58 Å². The molecule has 86 valence electrons. The predicted molar refractivity (Wildman–Crippen MR) is 55.2 cm³/mol. The fraction of sp³-hybridized carbons (Fsp3) is 0.556. The van der Waals surface area contributed by atoms with E-state index in [9.17, 15) is 9.59 Å². The van der Waals surface area contributed by atoms with Gasteiger partial charge in [0.25, 0.3) is 0 Å². The van der Waals surface area contributed by atoms with Gasteiger partial charge >= 0.3 is 5.97 Å². The second kappa shape index (κ2) is 5.18. The van der Waals surface area contributed by atoms with Crippen molar-refractivity contribution in [3.05, 3.63) is 23.1 Å². The lowest BCUT2D eigenvalue weighted by Gasteiger charge is -2.19. The molecule has 1 aliphatic rings. The summed E-state index contributed by atoms with van der Waals surface area (Å²) >= 11 is 0. The molecule has 1 rings (SSSR count). The van der Waals surface area contributed by atoms with Crippen molar-refractivity contribution in [1.29, 1.82) is 0 Å². The summed E-state index contributed by atoms with van der Waals surface area (Å²) < 4.78 is 4.99. The molecular formula is C9H12N4O3. The first-order valence-corrected chi connectivity index (χ1v) is 4.73. The van der Waals surface area contributed by atoms with Gasteiger partial charge in [0.2, 0.25) is 5.91 Å². The number of rotatable bonds is 4. The maximum Gasteiger partial charge on any atom is 0.315 e. The Bertz CT molecular complexity index is 362. The number of esters is 1. The van der Waals surface area contributed by atoms with Gasteiger partial charge in [0, 0.05) is 18.3 Å². The van der Waals surface area contributed by atoms with Gasteiger partial charge < -0.3 is 10.1 Å². The molecule has 16 heavy (non-hydrogen) atoms. The summed E-state index contributed by atoms with van der Waals surface area (Å²) in [6, 6.07) is -1.27. The molecule has 1 aliphatic heterocycles. The number of ether oxygens (including phenoxy) is 1. The minimum atomic E-state index is -0.814. The van der Waals surface area contributed by atoms with Crippen LogP contribution in [0.2, 0.25) is 0 Å². The summed E-state index contributed by atoms with van der Waals surface area (Å²) in [4.78, 5) is 24.7. The Morgan fingerprint density at radius 1 is 1.88 bits per heavy atom. The van der Waals surface area contributed by atoms with Gasteiger partial charge in [-0.25, -0.2) is 0 Å². The van der Waals surface area contributed by atoms with E-state index >= 15 is 0 Å². The SMILES string of the molecule is C=C[C@H](NC(C)=O)[C@@H]1C[C@H](N=[N+]=[N-])C(=O)O1. The van der Waals surface area contributed by atoms with Gasteiger partial charge in [0.15, 0.2) is 0 Å². The zero-order valence-electron chi connectivity index (χ0n) is 8.79. The lowest BCUT2D eigenvalue weighted by molar-refractivity contribution is -0.143. The number of hydrogen-bond donors (Lipinski definition) is 1. The van der Waals surface area contributed by atoms with Crippen LogP contribution in [0.4, 0.5) is 0 Å². The molecule has 1 heterocycles. The molecule has 1 N–H and O–H groups in total. The molecule has 0 aliphatic carbocycles. The van der Waals surface area contributed by atoms with Crippen molar-refractivity contribution in [2.24, 2.45) is 5.11 Å². The van der Waals surface area contributed by atoms with Crippen LogP contribution in [0.25, 0.3) is 10.4 Å². The summed E-state index contributed by atoms with van der Waals surface area (Å²) in [7, 11) is 0. The normalized spacial score (nSPS) is 25.2. The van der Waals surface area contributed by atoms with E-state index in [0.29, 0.717) is 0 Å². The van der Waals surface area contributed by atoms with Crippen molar-refractivity contribution in [3.8, 4) is 0 Å². The zero-order valence-corrected chi connectivity index (χ0v) is 8.79. The van der Waals surface area contributed by atoms with Crippen molar-refractivity contribution < 1.29 is 14.3 Å². The number of carbonyl (C=O) groups is 2. The third-order valence-electron chi connectivity index (χ3n) is 2.21. The molecule has 0 radical (unpaired) electrons. The number of cyclic esters (lactones) is 1. The van der Waals surface area contributed by atoms with E-state index in [2.05, 4.69) is 21.9 Å². The monoisotopic (exact) mass is 224 g/mol. The summed E-state index contributed by atoms with van der Waals surface area (Å²) in [5, 5.41) is 5.90. The smallest absolute Gasteiger partial charge is 0.315 e. The molecule has 1 fully saturated rings. The van der Waals surface area contributed by atoms with Crippen LogP contribution in [0.3, 0.4) is 0 Å². The Morgan fingerprint density at radius 2 is 2.56 bits per heavy atom. The maximum absolute atomic E-state index is 11.2. The summed E-state index contributed by atoms with van der Waals surface area (Å²) in [5.74, 6) is -0.812. The van der Waals surface area contributed by atoms with Gasteiger partial charge in [0.05, 0.1) is 6.04 Å². The van der Waals surface area contributed by atoms with E-state index < -0.39 is 24.2 Å². The standard InChI is InChI=1S/C9H12N4O3/c1-3-6(11-5(2)14)8-4-7(12-13-10)9(15)16-8/h3,6-8H,1,4H2,2H3,(H,11,14)/t6-,7-,8-/m0/s1. The molecule has 0 unspecified atom stereocenters. The average molecular weight is 224 g/mol. The maximum atomic E-state index is 11.2. The largest absolute Gasteiger partial charge is 0.459 e. The van der Waals surface area contributed by atoms with Gasteiger partial charge in [0.1, 0.15) is 12.1 Å². The number of nitrogens with one attached hydrogen (secondary N) is 1. The first-order chi connectivity index (χ1) is 7.58. The van der Waals surface area contributed by atoms with Crippen molar-refractivity contribution in [2.45, 2.75) is 31.5 Å². The van der Waals surface area contributed by atoms with E-state index in [1.165, 1.54) is 13.0 Å². The lowest BCUT2D eigenvalue weighted by atomic mass is 10.1. The molecule has 0 bridgehead atoms. The number of nitrogens with zero attached hydrogens (tertiary/aromatic N) is 3. The van der Waals surface area contributed by atoms with Crippen molar-refractivity contribution in [3.63, 3.8) is 0 Å². The number of azide groups is 1. The van der Waals surface area contributed by atoms with Crippen LogP contribution in [-0.4, -0.2) is 30.1 Å². The predicted octanol–water partition coefficient (Wildman–Crippen LogP) is 0.671. The summed E-state index contributed by atoms with van der Waals surface area (Å²) in [6.45, 7) is 4.90. The van der Waals surface area contributed by atoms with Crippen LogP contribution in [0, 0.1) is 0 Å². The van der Waals surface area contributed by atoms with Gasteiger partial charge in [-0.05, 0) is 5.53 Å². The Labute approximate surface area is 92.1 Å². The number of carbonyl (C=O) groups excluding carboxylic acids is 2. The van der Waals surface area contributed by atoms with Crippen LogP contribution in [-0.2, 0) is 14.3 Å². The first-order valence-electron chi connectivity index (χ1n) is 4.73. The van der Waals surface area contributed by atoms with Crippen LogP contribution < -0.4 is 5.32 Å². The van der Waals surface area contributed by atoms with Crippen LogP contribution in [0.1, 0.15) is 13.3 Å². The Hall–Kier alpha value is -2.01. The van der Waals surface area contributed by atoms with E-state index in [1.807, 2.05) is 0 Å².